The van der Waals surface area contributed by atoms with Crippen molar-refractivity contribution in [2.24, 2.45) is 17.2 Å². The maximum atomic E-state index is 14.3. The van der Waals surface area contributed by atoms with Crippen molar-refractivity contribution in [1.82, 2.24) is 20.9 Å². The van der Waals surface area contributed by atoms with Crippen molar-refractivity contribution < 1.29 is 38.6 Å². The van der Waals surface area contributed by atoms with Gasteiger partial charge in [0.25, 0.3) is 0 Å². The Morgan fingerprint density at radius 2 is 1.38 bits per heavy atom. The molecule has 3 rings (SSSR count). The molecule has 2 aromatic carbocycles. The van der Waals surface area contributed by atoms with E-state index in [0.29, 0.717) is 40.2 Å². The number of carbonyl (C=O) groups is 5. The molecule has 0 saturated heterocycles. The first-order valence-corrected chi connectivity index (χ1v) is 21.0. The largest absolute Gasteiger partial charge is 0.492 e. The minimum Gasteiger partial charge on any atom is -0.492 e. The second-order valence-corrected chi connectivity index (χ2v) is 15.0. The molecule has 58 heavy (non-hydrogen) atoms. The Kier molecular flexibility index (Phi) is 21.0. The third kappa shape index (κ3) is 14.9. The number of carboxylic acid groups (broad SMARTS) is 1. The van der Waals surface area contributed by atoms with E-state index >= 15 is 0 Å². The summed E-state index contributed by atoms with van der Waals surface area (Å²) >= 11 is 0. The molecule has 0 aliphatic carbocycles. The molecule has 0 fully saturated rings. The van der Waals surface area contributed by atoms with Gasteiger partial charge in [-0.1, -0.05) is 83.3 Å². The number of hydrogen-bond donors (Lipinski definition) is 7. The number of hydrogen-bond acceptors (Lipinski definition) is 10. The number of amides is 4. The molecule has 0 spiro atoms. The zero-order valence-electron chi connectivity index (χ0n) is 34.7. The highest BCUT2D eigenvalue weighted by Gasteiger charge is 2.36. The Bertz CT molecular complexity index is 1640. The number of unbranched alkanes of at least 4 members (excludes halogenated alkanes) is 10. The highest BCUT2D eigenvalue weighted by atomic mass is 16.5. The summed E-state index contributed by atoms with van der Waals surface area (Å²) in [7, 11) is 1.45. The first-order valence-electron chi connectivity index (χ1n) is 21.0. The molecule has 10 N–H and O–H groups in total. The standard InChI is InChI=1S/C43H67N7O8/c1-4-5-6-7-8-9-10-11-12-13-14-15-38(51)48-34(20-21-44)42(54)50(3)39-31-17-19-37(58-25-23-46)33(28-31)32-26-30(16-18-36(32)57-24-22-45)27-35(43(55)56)49-40(52)29(2)47-41(39)53/h16-19,26,28-29,34-35,39H,4-15,20-25,27,44-46H2,1-3H3,(H,47,53)(H,48,51)(H,49,52)(H,55,56). The molecule has 1 aliphatic heterocycles. The highest BCUT2D eigenvalue weighted by molar-refractivity contribution is 5.96. The molecule has 1 heterocycles. The van der Waals surface area contributed by atoms with Gasteiger partial charge in [-0.15, -0.1) is 0 Å². The molecule has 4 bridgehead atoms. The van der Waals surface area contributed by atoms with E-state index in [-0.39, 0.29) is 58.0 Å². The maximum absolute atomic E-state index is 14.3. The number of nitrogens with two attached hydrogens (primary N) is 3. The number of ether oxygens (including phenoxy) is 2. The maximum Gasteiger partial charge on any atom is 0.326 e. The molecular formula is C43H67N7O8. The average molecular weight is 810 g/mol. The first kappa shape index (κ1) is 47.6. The van der Waals surface area contributed by atoms with Gasteiger partial charge in [0.05, 0.1) is 0 Å². The fourth-order valence-electron chi connectivity index (χ4n) is 7.09. The van der Waals surface area contributed by atoms with E-state index in [4.69, 9.17) is 26.7 Å². The van der Waals surface area contributed by atoms with Gasteiger partial charge in [-0.05, 0) is 61.7 Å². The number of aliphatic carboxylic acids is 1. The average Bonchev–Trinajstić information content (AvgIpc) is 3.20. The fourth-order valence-corrected chi connectivity index (χ4v) is 7.09. The number of benzene rings is 2. The number of nitrogens with zero attached hydrogens (tertiary/aromatic N) is 1. The molecule has 4 unspecified atom stereocenters. The van der Waals surface area contributed by atoms with Crippen LogP contribution in [-0.2, 0) is 30.4 Å². The van der Waals surface area contributed by atoms with Crippen LogP contribution < -0.4 is 42.6 Å². The Labute approximate surface area is 343 Å². The molecule has 2 aromatic rings. The van der Waals surface area contributed by atoms with Crippen LogP contribution in [0.2, 0.25) is 0 Å². The van der Waals surface area contributed by atoms with Gasteiger partial charge in [-0.2, -0.15) is 0 Å². The summed E-state index contributed by atoms with van der Waals surface area (Å²) in [5, 5.41) is 18.1. The summed E-state index contributed by atoms with van der Waals surface area (Å²) in [6.07, 6.45) is 12.9. The summed E-state index contributed by atoms with van der Waals surface area (Å²) in [5.41, 5.74) is 19.4. The molecule has 0 radical (unpaired) electrons. The molecule has 322 valence electrons. The van der Waals surface area contributed by atoms with Gasteiger partial charge in [-0.25, -0.2) is 4.79 Å². The zero-order valence-corrected chi connectivity index (χ0v) is 34.7. The number of carboxylic acids is 1. The normalized spacial score (nSPS) is 17.3. The van der Waals surface area contributed by atoms with E-state index in [1.807, 2.05) is 0 Å². The van der Waals surface area contributed by atoms with Crippen LogP contribution in [0, 0.1) is 0 Å². The lowest BCUT2D eigenvalue weighted by Crippen LogP contribution is -2.55. The summed E-state index contributed by atoms with van der Waals surface area (Å²) in [5.74, 6) is -2.73. The van der Waals surface area contributed by atoms with Crippen molar-refractivity contribution in [3.8, 4) is 22.6 Å². The lowest BCUT2D eigenvalue weighted by Gasteiger charge is -2.32. The van der Waals surface area contributed by atoms with Gasteiger partial charge in [-0.3, -0.25) is 19.2 Å². The van der Waals surface area contributed by atoms with Crippen LogP contribution in [0.25, 0.3) is 11.1 Å². The number of likely N-dealkylation sites (N-methyl/N-ethyl adjacent to an activating group) is 1. The zero-order chi connectivity index (χ0) is 42.5. The van der Waals surface area contributed by atoms with E-state index in [1.54, 1.807) is 36.4 Å². The third-order valence-electron chi connectivity index (χ3n) is 10.3. The van der Waals surface area contributed by atoms with E-state index in [2.05, 4.69) is 22.9 Å². The van der Waals surface area contributed by atoms with Gasteiger partial charge >= 0.3 is 5.97 Å². The van der Waals surface area contributed by atoms with Crippen molar-refractivity contribution in [3.63, 3.8) is 0 Å². The summed E-state index contributed by atoms with van der Waals surface area (Å²) < 4.78 is 12.1. The molecule has 0 saturated carbocycles. The molecule has 15 heteroatoms. The van der Waals surface area contributed by atoms with E-state index < -0.39 is 47.9 Å². The highest BCUT2D eigenvalue weighted by Crippen LogP contribution is 2.40. The van der Waals surface area contributed by atoms with E-state index in [0.717, 1.165) is 19.3 Å². The summed E-state index contributed by atoms with van der Waals surface area (Å²) in [6, 6.07) is 5.29. The topological polar surface area (TPSA) is 241 Å². The molecule has 15 nitrogen and oxygen atoms in total. The second-order valence-electron chi connectivity index (χ2n) is 15.0. The van der Waals surface area contributed by atoms with Crippen LogP contribution in [0.15, 0.2) is 36.4 Å². The van der Waals surface area contributed by atoms with Crippen molar-refractivity contribution in [2.45, 2.75) is 128 Å². The smallest absolute Gasteiger partial charge is 0.326 e. The van der Waals surface area contributed by atoms with Crippen LogP contribution >= 0.6 is 0 Å². The van der Waals surface area contributed by atoms with Gasteiger partial charge in [0.1, 0.15) is 48.9 Å². The predicted molar refractivity (Wildman–Crippen MR) is 224 cm³/mol. The molecule has 4 atom stereocenters. The number of fused-ring (bicyclic) bond motifs is 5. The second kappa shape index (κ2) is 25.6. The van der Waals surface area contributed by atoms with Crippen LogP contribution in [-0.4, -0.2) is 97.6 Å². The summed E-state index contributed by atoms with van der Waals surface area (Å²) in [4.78, 5) is 68.6. The van der Waals surface area contributed by atoms with Crippen LogP contribution in [0.5, 0.6) is 11.5 Å². The molecular weight excluding hydrogens is 743 g/mol. The SMILES string of the molecule is CCCCCCCCCCCCCC(=O)NC(CCN)C(=O)N(C)C1C(=O)NC(C)C(=O)NC(C(=O)O)Cc2ccc(OCCN)c(c2)-c2cc1ccc2OCCN. The lowest BCUT2D eigenvalue weighted by atomic mass is 9.93. The van der Waals surface area contributed by atoms with Crippen LogP contribution in [0.4, 0.5) is 0 Å². The fraction of sp³-hybridized carbons (Fsp3) is 0.605. The monoisotopic (exact) mass is 810 g/mol. The quantitative estimate of drug-likeness (QED) is 0.0755. The number of rotatable bonds is 24. The molecule has 0 aromatic heterocycles. The van der Waals surface area contributed by atoms with Gasteiger partial charge in [0.2, 0.25) is 23.6 Å². The minimum atomic E-state index is -1.33. The Morgan fingerprint density at radius 1 is 0.810 bits per heavy atom. The third-order valence-corrected chi connectivity index (χ3v) is 10.3. The van der Waals surface area contributed by atoms with E-state index in [1.165, 1.54) is 63.8 Å². The Balaban J connectivity index is 1.94. The first-order chi connectivity index (χ1) is 27.9. The van der Waals surface area contributed by atoms with Crippen LogP contribution in [0.3, 0.4) is 0 Å². The lowest BCUT2D eigenvalue weighted by molar-refractivity contribution is -0.143. The minimum absolute atomic E-state index is 0.0715. The number of nitrogens with one attached hydrogen (secondary N) is 3. The van der Waals surface area contributed by atoms with Crippen molar-refractivity contribution >= 4 is 29.6 Å². The van der Waals surface area contributed by atoms with Crippen molar-refractivity contribution in [1.29, 1.82) is 0 Å². The van der Waals surface area contributed by atoms with Gasteiger partial charge < -0.3 is 52.6 Å². The van der Waals surface area contributed by atoms with Gasteiger partial charge in [0, 0.05) is 44.1 Å². The molecule has 4 amide bonds. The molecule has 1 aliphatic rings. The van der Waals surface area contributed by atoms with E-state index in [9.17, 15) is 29.1 Å². The van der Waals surface area contributed by atoms with Gasteiger partial charge in [0.15, 0.2) is 0 Å². The Morgan fingerprint density at radius 3 is 1.95 bits per heavy atom. The Hall–Kier alpha value is -4.73. The predicted octanol–water partition coefficient (Wildman–Crippen LogP) is 3.69. The van der Waals surface area contributed by atoms with Crippen LogP contribution in [0.1, 0.15) is 114 Å². The van der Waals surface area contributed by atoms with Crippen molar-refractivity contribution in [3.05, 3.63) is 47.5 Å². The summed E-state index contributed by atoms with van der Waals surface area (Å²) in [6.45, 7) is 4.52. The van der Waals surface area contributed by atoms with Crippen molar-refractivity contribution in [2.75, 3.05) is 39.9 Å². The number of carbonyl (C=O) groups excluding carboxylic acids is 4.